The number of carbonyl (C=O) groups excluding carboxylic acids is 1. The Bertz CT molecular complexity index is 467. The van der Waals surface area contributed by atoms with Gasteiger partial charge in [-0.1, -0.05) is 26.8 Å². The topological polar surface area (TPSA) is 35.5 Å². The normalized spacial score (nSPS) is 10.2. The highest BCUT2D eigenvalue weighted by molar-refractivity contribution is 5.87. The number of carbonyl (C=O) groups is 1. The van der Waals surface area contributed by atoms with Crippen LogP contribution >= 0.6 is 0 Å². The molecule has 0 aliphatic carbocycles. The Hall–Kier alpha value is -1.84. The summed E-state index contributed by atoms with van der Waals surface area (Å²) >= 11 is 0. The van der Waals surface area contributed by atoms with E-state index in [2.05, 4.69) is 0 Å². The summed E-state index contributed by atoms with van der Waals surface area (Å²) < 4.78 is 23.9. The van der Waals surface area contributed by atoms with E-state index in [4.69, 9.17) is 9.47 Å². The van der Waals surface area contributed by atoms with Crippen LogP contribution in [0.1, 0.15) is 38.8 Å². The second kappa shape index (κ2) is 9.13. The number of methoxy groups -OCH3 is 1. The van der Waals surface area contributed by atoms with Crippen LogP contribution in [-0.2, 0) is 16.0 Å². The van der Waals surface area contributed by atoms with Gasteiger partial charge in [-0.2, -0.15) is 0 Å². The lowest BCUT2D eigenvalue weighted by Crippen LogP contribution is -2.01. The summed E-state index contributed by atoms with van der Waals surface area (Å²) in [6.07, 6.45) is 4.28. The lowest BCUT2D eigenvalue weighted by molar-refractivity contribution is -0.137. The zero-order chi connectivity index (χ0) is 14.3. The maximum atomic E-state index is 14.1. The van der Waals surface area contributed by atoms with Crippen molar-refractivity contribution < 1.29 is 18.7 Å². The van der Waals surface area contributed by atoms with Gasteiger partial charge in [0.25, 0.3) is 0 Å². The van der Waals surface area contributed by atoms with Crippen LogP contribution in [0.25, 0.3) is 6.08 Å². The van der Waals surface area contributed by atoms with Crippen molar-refractivity contribution in [3.05, 3.63) is 35.2 Å². The van der Waals surface area contributed by atoms with Gasteiger partial charge in [0, 0.05) is 6.08 Å². The SMILES string of the molecule is C.CCCc1c(/C=C/C(=O)OCC)ccc(OC)c1F. The number of ether oxygens (including phenoxy) is 2. The summed E-state index contributed by atoms with van der Waals surface area (Å²) in [5.74, 6) is -0.576. The van der Waals surface area contributed by atoms with Gasteiger partial charge in [-0.25, -0.2) is 9.18 Å². The van der Waals surface area contributed by atoms with E-state index in [0.29, 0.717) is 24.2 Å². The van der Waals surface area contributed by atoms with Crippen LogP contribution in [0.2, 0.25) is 0 Å². The molecular weight excluding hydrogens is 259 g/mol. The number of rotatable bonds is 6. The fraction of sp³-hybridized carbons (Fsp3) is 0.438. The Kier molecular flexibility index (Phi) is 8.29. The predicted molar refractivity (Wildman–Crippen MR) is 79.3 cm³/mol. The first-order valence-electron chi connectivity index (χ1n) is 6.34. The van der Waals surface area contributed by atoms with E-state index in [1.807, 2.05) is 6.92 Å². The minimum Gasteiger partial charge on any atom is -0.494 e. The smallest absolute Gasteiger partial charge is 0.330 e. The number of hydrogen-bond acceptors (Lipinski definition) is 3. The second-order valence-corrected chi connectivity index (χ2v) is 3.98. The molecule has 4 heteroatoms. The molecule has 0 bridgehead atoms. The molecule has 0 saturated carbocycles. The molecule has 112 valence electrons. The van der Waals surface area contributed by atoms with Gasteiger partial charge in [-0.3, -0.25) is 0 Å². The Labute approximate surface area is 120 Å². The van der Waals surface area contributed by atoms with Gasteiger partial charge in [0.2, 0.25) is 0 Å². The van der Waals surface area contributed by atoms with Crippen molar-refractivity contribution in [3.8, 4) is 5.75 Å². The molecule has 0 N–H and O–H groups in total. The van der Waals surface area contributed by atoms with Gasteiger partial charge in [-0.05, 0) is 36.6 Å². The van der Waals surface area contributed by atoms with Crippen LogP contribution in [-0.4, -0.2) is 19.7 Å². The summed E-state index contributed by atoms with van der Waals surface area (Å²) in [5.41, 5.74) is 1.23. The van der Waals surface area contributed by atoms with E-state index in [1.54, 1.807) is 25.1 Å². The Balaban J connectivity index is 0.00000361. The standard InChI is InChI=1S/C15H19FO3.CH4/c1-4-6-12-11(8-10-14(17)19-5-2)7-9-13(18-3)15(12)16;/h7-10H,4-6H2,1-3H3;1H4/b10-8+;. The summed E-state index contributed by atoms with van der Waals surface area (Å²) in [7, 11) is 1.43. The zero-order valence-corrected chi connectivity index (χ0v) is 11.5. The highest BCUT2D eigenvalue weighted by Gasteiger charge is 2.12. The molecule has 1 aromatic rings. The van der Waals surface area contributed by atoms with Crippen molar-refractivity contribution in [2.75, 3.05) is 13.7 Å². The molecule has 0 aliphatic rings. The quantitative estimate of drug-likeness (QED) is 0.584. The van der Waals surface area contributed by atoms with E-state index in [1.165, 1.54) is 13.2 Å². The van der Waals surface area contributed by atoms with Gasteiger partial charge in [0.1, 0.15) is 0 Å². The van der Waals surface area contributed by atoms with Crippen molar-refractivity contribution in [2.45, 2.75) is 34.1 Å². The number of hydrogen-bond donors (Lipinski definition) is 0. The number of benzene rings is 1. The third-order valence-corrected chi connectivity index (χ3v) is 2.65. The van der Waals surface area contributed by atoms with Crippen molar-refractivity contribution >= 4 is 12.0 Å². The molecule has 0 aromatic heterocycles. The number of halogens is 1. The van der Waals surface area contributed by atoms with E-state index in [9.17, 15) is 9.18 Å². The lowest BCUT2D eigenvalue weighted by Gasteiger charge is -2.10. The summed E-state index contributed by atoms with van der Waals surface area (Å²) in [5, 5.41) is 0. The molecule has 0 radical (unpaired) electrons. The largest absolute Gasteiger partial charge is 0.494 e. The molecule has 0 heterocycles. The average Bonchev–Trinajstić information content (AvgIpc) is 2.40. The minimum atomic E-state index is -0.429. The first-order chi connectivity index (χ1) is 9.13. The average molecular weight is 282 g/mol. The number of esters is 1. The summed E-state index contributed by atoms with van der Waals surface area (Å²) in [4.78, 5) is 11.3. The van der Waals surface area contributed by atoms with Crippen molar-refractivity contribution in [1.82, 2.24) is 0 Å². The van der Waals surface area contributed by atoms with Crippen LogP contribution in [0, 0.1) is 5.82 Å². The van der Waals surface area contributed by atoms with Crippen LogP contribution in [0.15, 0.2) is 18.2 Å². The second-order valence-electron chi connectivity index (χ2n) is 3.98. The fourth-order valence-electron chi connectivity index (χ4n) is 1.78. The van der Waals surface area contributed by atoms with Crippen LogP contribution in [0.4, 0.5) is 4.39 Å². The highest BCUT2D eigenvalue weighted by atomic mass is 19.1. The molecule has 1 aromatic carbocycles. The molecule has 0 unspecified atom stereocenters. The first-order valence-corrected chi connectivity index (χ1v) is 6.34. The van der Waals surface area contributed by atoms with Gasteiger partial charge < -0.3 is 9.47 Å². The molecule has 3 nitrogen and oxygen atoms in total. The third kappa shape index (κ3) is 4.68. The third-order valence-electron chi connectivity index (χ3n) is 2.65. The molecule has 0 atom stereocenters. The first kappa shape index (κ1) is 18.2. The Morgan fingerprint density at radius 1 is 1.35 bits per heavy atom. The van der Waals surface area contributed by atoms with E-state index >= 15 is 0 Å². The fourth-order valence-corrected chi connectivity index (χ4v) is 1.78. The lowest BCUT2D eigenvalue weighted by atomic mass is 10.0. The van der Waals surface area contributed by atoms with Crippen molar-refractivity contribution in [3.63, 3.8) is 0 Å². The molecule has 0 amide bonds. The summed E-state index contributed by atoms with van der Waals surface area (Å²) in [6.45, 7) is 4.03. The molecule has 20 heavy (non-hydrogen) atoms. The van der Waals surface area contributed by atoms with Gasteiger partial charge >= 0.3 is 5.97 Å². The molecule has 0 aliphatic heterocycles. The molecular formula is C16H23FO3. The minimum absolute atomic E-state index is 0. The predicted octanol–water partition coefficient (Wildman–Crippen LogP) is 4.00. The maximum Gasteiger partial charge on any atom is 0.330 e. The van der Waals surface area contributed by atoms with Gasteiger partial charge in [-0.15, -0.1) is 0 Å². The summed E-state index contributed by atoms with van der Waals surface area (Å²) in [6, 6.07) is 3.29. The monoisotopic (exact) mass is 282 g/mol. The highest BCUT2D eigenvalue weighted by Crippen LogP contribution is 2.25. The molecule has 0 saturated heterocycles. The van der Waals surface area contributed by atoms with Crippen molar-refractivity contribution in [2.24, 2.45) is 0 Å². The molecule has 0 spiro atoms. The molecule has 1 rings (SSSR count). The van der Waals surface area contributed by atoms with Gasteiger partial charge in [0.05, 0.1) is 13.7 Å². The zero-order valence-electron chi connectivity index (χ0n) is 11.5. The van der Waals surface area contributed by atoms with E-state index in [0.717, 1.165) is 6.42 Å². The van der Waals surface area contributed by atoms with E-state index in [-0.39, 0.29) is 19.0 Å². The van der Waals surface area contributed by atoms with Crippen LogP contribution in [0.3, 0.4) is 0 Å². The Morgan fingerprint density at radius 3 is 2.60 bits per heavy atom. The van der Waals surface area contributed by atoms with Crippen LogP contribution < -0.4 is 4.74 Å². The van der Waals surface area contributed by atoms with Crippen LogP contribution in [0.5, 0.6) is 5.75 Å². The maximum absolute atomic E-state index is 14.1. The van der Waals surface area contributed by atoms with Gasteiger partial charge in [0.15, 0.2) is 11.6 Å². The van der Waals surface area contributed by atoms with E-state index < -0.39 is 5.97 Å². The Morgan fingerprint density at radius 2 is 2.05 bits per heavy atom. The molecule has 0 fully saturated rings. The van der Waals surface area contributed by atoms with Crippen molar-refractivity contribution in [1.29, 1.82) is 0 Å².